The van der Waals surface area contributed by atoms with Crippen LogP contribution in [0.4, 0.5) is 5.69 Å². The highest BCUT2D eigenvalue weighted by atomic mass is 16.2. The number of ketones is 1. The molecule has 20 heavy (non-hydrogen) atoms. The number of hydrogen-bond donors (Lipinski definition) is 2. The van der Waals surface area contributed by atoms with Crippen LogP contribution in [0.3, 0.4) is 0 Å². The second-order valence-electron chi connectivity index (χ2n) is 5.59. The topological polar surface area (TPSA) is 71.1 Å². The van der Waals surface area contributed by atoms with Crippen molar-refractivity contribution in [3.05, 3.63) is 24.5 Å². The summed E-state index contributed by atoms with van der Waals surface area (Å²) in [6.45, 7) is 0.450. The van der Waals surface area contributed by atoms with E-state index in [1.165, 1.54) is 6.42 Å². The molecule has 0 radical (unpaired) electrons. The van der Waals surface area contributed by atoms with E-state index in [0.717, 1.165) is 19.3 Å². The second-order valence-corrected chi connectivity index (χ2v) is 5.59. The lowest BCUT2D eigenvalue weighted by Gasteiger charge is -2.38. The highest BCUT2D eigenvalue weighted by Crippen LogP contribution is 2.30. The van der Waals surface area contributed by atoms with Crippen molar-refractivity contribution in [2.24, 2.45) is 11.8 Å². The summed E-state index contributed by atoms with van der Waals surface area (Å²) >= 11 is 0. The number of anilines is 1. The molecule has 1 aliphatic heterocycles. The van der Waals surface area contributed by atoms with Crippen LogP contribution < -0.4 is 10.6 Å². The van der Waals surface area contributed by atoms with Crippen LogP contribution in [0.2, 0.25) is 0 Å². The van der Waals surface area contributed by atoms with E-state index in [2.05, 4.69) is 15.6 Å². The summed E-state index contributed by atoms with van der Waals surface area (Å²) in [5.41, 5.74) is 0.635. The van der Waals surface area contributed by atoms with Crippen molar-refractivity contribution < 1.29 is 9.59 Å². The first-order valence-electron chi connectivity index (χ1n) is 7.23. The Balaban J connectivity index is 1.68. The Kier molecular flexibility index (Phi) is 3.78. The Hall–Kier alpha value is -1.75. The van der Waals surface area contributed by atoms with Gasteiger partial charge in [-0.05, 0) is 25.0 Å². The molecule has 2 fully saturated rings. The summed E-state index contributed by atoms with van der Waals surface area (Å²) in [5.74, 6) is -0.675. The Morgan fingerprint density at radius 2 is 2.20 bits per heavy atom. The third-order valence-electron chi connectivity index (χ3n) is 4.30. The Labute approximate surface area is 118 Å². The molecule has 0 aromatic carbocycles. The molecule has 0 spiro atoms. The second kappa shape index (κ2) is 5.71. The molecule has 1 amide bonds. The maximum absolute atomic E-state index is 12.5. The zero-order valence-corrected chi connectivity index (χ0v) is 11.3. The molecule has 1 saturated heterocycles. The largest absolute Gasteiger partial charge is 0.324 e. The smallest absolute Gasteiger partial charge is 0.236 e. The van der Waals surface area contributed by atoms with E-state index in [9.17, 15) is 9.59 Å². The molecule has 5 heteroatoms. The minimum atomic E-state index is -0.574. The fourth-order valence-corrected chi connectivity index (χ4v) is 3.23. The number of piperidine rings is 1. The van der Waals surface area contributed by atoms with Crippen molar-refractivity contribution in [3.63, 3.8) is 0 Å². The van der Waals surface area contributed by atoms with Crippen LogP contribution in [0.5, 0.6) is 0 Å². The normalized spacial score (nSPS) is 29.6. The molecule has 3 unspecified atom stereocenters. The summed E-state index contributed by atoms with van der Waals surface area (Å²) in [7, 11) is 0. The van der Waals surface area contributed by atoms with E-state index < -0.39 is 5.92 Å². The number of rotatable bonds is 2. The lowest BCUT2D eigenvalue weighted by atomic mass is 9.75. The summed E-state index contributed by atoms with van der Waals surface area (Å²) in [6.07, 6.45) is 7.46. The van der Waals surface area contributed by atoms with Crippen molar-refractivity contribution in [1.29, 1.82) is 0 Å². The van der Waals surface area contributed by atoms with Gasteiger partial charge in [0.15, 0.2) is 5.78 Å². The molecular weight excluding hydrogens is 254 g/mol. The van der Waals surface area contributed by atoms with Gasteiger partial charge < -0.3 is 10.6 Å². The van der Waals surface area contributed by atoms with Crippen molar-refractivity contribution >= 4 is 17.4 Å². The maximum atomic E-state index is 12.5. The molecule has 0 bridgehead atoms. The van der Waals surface area contributed by atoms with E-state index in [-0.39, 0.29) is 23.7 Å². The van der Waals surface area contributed by atoms with Gasteiger partial charge in [0, 0.05) is 24.7 Å². The van der Waals surface area contributed by atoms with Crippen molar-refractivity contribution in [2.45, 2.75) is 31.7 Å². The standard InChI is InChI=1S/C15H19N3O2/c19-14-11-5-1-2-6-13(11)17-9-12(14)15(20)18-10-4-3-7-16-8-10/h3-4,7-8,11-13,17H,1-2,5-6,9H2,(H,18,20). The van der Waals surface area contributed by atoms with Gasteiger partial charge in [-0.2, -0.15) is 0 Å². The van der Waals surface area contributed by atoms with Crippen LogP contribution in [0.25, 0.3) is 0 Å². The maximum Gasteiger partial charge on any atom is 0.236 e. The minimum absolute atomic E-state index is 0.0159. The molecule has 5 nitrogen and oxygen atoms in total. The molecule has 2 heterocycles. The number of carbonyl (C=O) groups is 2. The van der Waals surface area contributed by atoms with E-state index in [4.69, 9.17) is 0 Å². The fraction of sp³-hybridized carbons (Fsp3) is 0.533. The molecule has 3 rings (SSSR count). The van der Waals surface area contributed by atoms with Gasteiger partial charge in [0.2, 0.25) is 5.91 Å². The van der Waals surface area contributed by atoms with Crippen molar-refractivity contribution in [2.75, 3.05) is 11.9 Å². The molecule has 2 N–H and O–H groups in total. The van der Waals surface area contributed by atoms with E-state index in [1.807, 2.05) is 0 Å². The van der Waals surface area contributed by atoms with E-state index in [0.29, 0.717) is 12.2 Å². The van der Waals surface area contributed by atoms with Crippen LogP contribution in [-0.2, 0) is 9.59 Å². The first-order chi connectivity index (χ1) is 9.75. The number of Topliss-reactive ketones (excluding diaryl/α,β-unsaturated/α-hetero) is 1. The first-order valence-corrected chi connectivity index (χ1v) is 7.23. The van der Waals surface area contributed by atoms with Gasteiger partial charge in [-0.15, -0.1) is 0 Å². The first kappa shape index (κ1) is 13.2. The summed E-state index contributed by atoms with van der Waals surface area (Å²) in [4.78, 5) is 28.7. The molecular formula is C15H19N3O2. The fourth-order valence-electron chi connectivity index (χ4n) is 3.23. The highest BCUT2D eigenvalue weighted by molar-refractivity contribution is 6.08. The van der Waals surface area contributed by atoms with Crippen LogP contribution in [0.15, 0.2) is 24.5 Å². The molecule has 1 aliphatic carbocycles. The third kappa shape index (κ3) is 2.58. The number of aromatic nitrogens is 1. The van der Waals surface area contributed by atoms with E-state index >= 15 is 0 Å². The van der Waals surface area contributed by atoms with Gasteiger partial charge >= 0.3 is 0 Å². The number of nitrogens with one attached hydrogen (secondary N) is 2. The average Bonchev–Trinajstić information content (AvgIpc) is 2.49. The predicted octanol–water partition coefficient (Wildman–Crippen LogP) is 1.37. The molecule has 2 aliphatic rings. The highest BCUT2D eigenvalue weighted by Gasteiger charge is 2.41. The van der Waals surface area contributed by atoms with Gasteiger partial charge in [-0.3, -0.25) is 14.6 Å². The predicted molar refractivity (Wildman–Crippen MR) is 75.1 cm³/mol. The Bertz CT molecular complexity index is 503. The van der Waals surface area contributed by atoms with Crippen LogP contribution in [0.1, 0.15) is 25.7 Å². The van der Waals surface area contributed by atoms with Gasteiger partial charge in [0.05, 0.1) is 11.9 Å². The molecule has 1 aromatic rings. The number of hydrogen-bond acceptors (Lipinski definition) is 4. The number of nitrogens with zero attached hydrogens (tertiary/aromatic N) is 1. The molecule has 3 atom stereocenters. The Morgan fingerprint density at radius 1 is 1.35 bits per heavy atom. The van der Waals surface area contributed by atoms with Gasteiger partial charge in [-0.1, -0.05) is 12.8 Å². The van der Waals surface area contributed by atoms with Crippen molar-refractivity contribution in [1.82, 2.24) is 10.3 Å². The zero-order valence-electron chi connectivity index (χ0n) is 11.3. The molecule has 1 saturated carbocycles. The van der Waals surface area contributed by atoms with E-state index in [1.54, 1.807) is 24.5 Å². The summed E-state index contributed by atoms with van der Waals surface area (Å²) in [6, 6.07) is 3.81. The summed E-state index contributed by atoms with van der Waals surface area (Å²) in [5, 5.41) is 6.15. The Morgan fingerprint density at radius 3 is 3.00 bits per heavy atom. The van der Waals surface area contributed by atoms with Gasteiger partial charge in [0.25, 0.3) is 0 Å². The number of fused-ring (bicyclic) bond motifs is 1. The summed E-state index contributed by atoms with van der Waals surface area (Å²) < 4.78 is 0. The average molecular weight is 273 g/mol. The lowest BCUT2D eigenvalue weighted by molar-refractivity contribution is -0.137. The van der Waals surface area contributed by atoms with Crippen LogP contribution >= 0.6 is 0 Å². The number of pyridine rings is 1. The number of amides is 1. The monoisotopic (exact) mass is 273 g/mol. The molecule has 1 aromatic heterocycles. The zero-order chi connectivity index (χ0) is 13.9. The quantitative estimate of drug-likeness (QED) is 0.798. The third-order valence-corrected chi connectivity index (χ3v) is 4.30. The SMILES string of the molecule is O=C(Nc1cccnc1)C1CNC2CCCCC2C1=O. The van der Waals surface area contributed by atoms with Crippen molar-refractivity contribution in [3.8, 4) is 0 Å². The molecule has 106 valence electrons. The van der Waals surface area contributed by atoms with Gasteiger partial charge in [0.1, 0.15) is 5.92 Å². The minimum Gasteiger partial charge on any atom is -0.324 e. The van der Waals surface area contributed by atoms with Crippen LogP contribution in [0, 0.1) is 11.8 Å². The van der Waals surface area contributed by atoms with Gasteiger partial charge in [-0.25, -0.2) is 0 Å². The number of carbonyl (C=O) groups excluding carboxylic acids is 2. The lowest BCUT2D eigenvalue weighted by Crippen LogP contribution is -2.55. The van der Waals surface area contributed by atoms with Crippen LogP contribution in [-0.4, -0.2) is 29.3 Å².